The molecule has 6 heteroatoms. The quantitative estimate of drug-likeness (QED) is 0.695. The molecule has 0 aromatic heterocycles. The maximum atomic E-state index is 12.3. The summed E-state index contributed by atoms with van der Waals surface area (Å²) in [5.41, 5.74) is 1.49. The summed E-state index contributed by atoms with van der Waals surface area (Å²) >= 11 is 0. The Kier molecular flexibility index (Phi) is 7.08. The maximum Gasteiger partial charge on any atom is 0.250 e. The fraction of sp³-hybridized carbons (Fsp3) is 0.500. The number of rotatable bonds is 9. The highest BCUT2D eigenvalue weighted by Crippen LogP contribution is 2.35. The number of benzene rings is 1. The number of methoxy groups -OCH3 is 2. The highest BCUT2D eigenvalue weighted by molar-refractivity contribution is 5.99. The molecule has 132 valence electrons. The van der Waals surface area contributed by atoms with Crippen molar-refractivity contribution in [1.82, 2.24) is 10.2 Å². The SMILES string of the molecule is COCCN(C)CCCNC(=O)C1=Cc2cccc(OC)c2OC1. The monoisotopic (exact) mass is 334 g/mol. The molecule has 24 heavy (non-hydrogen) atoms. The van der Waals surface area contributed by atoms with Crippen LogP contribution in [-0.2, 0) is 9.53 Å². The third-order valence-electron chi connectivity index (χ3n) is 3.90. The Morgan fingerprint density at radius 2 is 2.17 bits per heavy atom. The molecule has 0 fully saturated rings. The van der Waals surface area contributed by atoms with Crippen LogP contribution in [0.5, 0.6) is 11.5 Å². The lowest BCUT2D eigenvalue weighted by Crippen LogP contribution is -2.32. The molecule has 1 amide bonds. The van der Waals surface area contributed by atoms with Crippen molar-refractivity contribution in [3.63, 3.8) is 0 Å². The molecule has 1 aromatic rings. The van der Waals surface area contributed by atoms with Gasteiger partial charge in [0.1, 0.15) is 6.61 Å². The number of hydrogen-bond donors (Lipinski definition) is 1. The number of carbonyl (C=O) groups is 1. The molecule has 1 aromatic carbocycles. The van der Waals surface area contributed by atoms with E-state index in [2.05, 4.69) is 10.2 Å². The van der Waals surface area contributed by atoms with Crippen molar-refractivity contribution in [2.24, 2.45) is 0 Å². The minimum Gasteiger partial charge on any atom is -0.493 e. The summed E-state index contributed by atoms with van der Waals surface area (Å²) in [4.78, 5) is 14.4. The fourth-order valence-electron chi connectivity index (χ4n) is 2.50. The van der Waals surface area contributed by atoms with Crippen molar-refractivity contribution >= 4 is 12.0 Å². The molecular formula is C18H26N2O4. The van der Waals surface area contributed by atoms with Crippen molar-refractivity contribution in [2.75, 3.05) is 54.1 Å². The number of nitrogens with one attached hydrogen (secondary N) is 1. The molecule has 0 bridgehead atoms. The van der Waals surface area contributed by atoms with Gasteiger partial charge in [0, 0.05) is 25.8 Å². The van der Waals surface area contributed by atoms with Crippen LogP contribution in [0.25, 0.3) is 6.08 Å². The average Bonchev–Trinajstić information content (AvgIpc) is 2.62. The van der Waals surface area contributed by atoms with Crippen LogP contribution >= 0.6 is 0 Å². The summed E-state index contributed by atoms with van der Waals surface area (Å²) in [6.45, 7) is 3.42. The summed E-state index contributed by atoms with van der Waals surface area (Å²) in [5.74, 6) is 1.29. The fourth-order valence-corrected chi connectivity index (χ4v) is 2.50. The Morgan fingerprint density at radius 1 is 1.33 bits per heavy atom. The molecule has 0 aliphatic carbocycles. The Balaban J connectivity index is 1.82. The Hall–Kier alpha value is -2.05. The number of fused-ring (bicyclic) bond motifs is 1. The van der Waals surface area contributed by atoms with Gasteiger partial charge in [-0.1, -0.05) is 12.1 Å². The molecule has 1 aliphatic heterocycles. The predicted octanol–water partition coefficient (Wildman–Crippen LogP) is 1.56. The molecule has 0 unspecified atom stereocenters. The second-order valence-corrected chi connectivity index (χ2v) is 5.74. The van der Waals surface area contributed by atoms with Gasteiger partial charge in [-0.15, -0.1) is 0 Å². The molecule has 0 atom stereocenters. The zero-order valence-corrected chi connectivity index (χ0v) is 14.6. The first-order chi connectivity index (χ1) is 11.7. The minimum atomic E-state index is -0.0805. The number of carbonyl (C=O) groups excluding carboxylic acids is 1. The van der Waals surface area contributed by atoms with Crippen LogP contribution in [-0.4, -0.2) is 64.9 Å². The van der Waals surface area contributed by atoms with E-state index in [0.717, 1.165) is 31.7 Å². The Labute approximate surface area is 143 Å². The van der Waals surface area contributed by atoms with Crippen LogP contribution in [0.1, 0.15) is 12.0 Å². The topological polar surface area (TPSA) is 60.0 Å². The number of nitrogens with zero attached hydrogens (tertiary/aromatic N) is 1. The molecule has 2 rings (SSSR count). The molecule has 6 nitrogen and oxygen atoms in total. The zero-order chi connectivity index (χ0) is 17.4. The van der Waals surface area contributed by atoms with Gasteiger partial charge in [0.25, 0.3) is 5.91 Å². The first-order valence-electron chi connectivity index (χ1n) is 8.11. The van der Waals surface area contributed by atoms with E-state index in [1.807, 2.05) is 31.3 Å². The number of ether oxygens (including phenoxy) is 3. The van der Waals surface area contributed by atoms with Gasteiger partial charge in [0.05, 0.1) is 19.3 Å². The van der Waals surface area contributed by atoms with Crippen LogP contribution in [0.15, 0.2) is 23.8 Å². The van der Waals surface area contributed by atoms with E-state index in [0.29, 0.717) is 23.6 Å². The standard InChI is InChI=1S/C18H26N2O4/c1-20(10-11-22-2)9-5-8-19-18(21)15-12-14-6-4-7-16(23-3)17(14)24-13-15/h4,6-7,12H,5,8-11,13H2,1-3H3,(H,19,21). The van der Waals surface area contributed by atoms with Gasteiger partial charge in [-0.25, -0.2) is 0 Å². The Bertz CT molecular complexity index is 586. The molecule has 0 radical (unpaired) electrons. The van der Waals surface area contributed by atoms with Gasteiger partial charge < -0.3 is 24.4 Å². The third-order valence-corrected chi connectivity index (χ3v) is 3.90. The molecule has 0 saturated heterocycles. The smallest absolute Gasteiger partial charge is 0.250 e. The largest absolute Gasteiger partial charge is 0.493 e. The lowest BCUT2D eigenvalue weighted by Gasteiger charge is -2.20. The summed E-state index contributed by atoms with van der Waals surface area (Å²) < 4.78 is 16.0. The zero-order valence-electron chi connectivity index (χ0n) is 14.6. The maximum absolute atomic E-state index is 12.3. The normalized spacial score (nSPS) is 13.1. The first kappa shape index (κ1) is 18.3. The van der Waals surface area contributed by atoms with Gasteiger partial charge in [-0.3, -0.25) is 4.79 Å². The summed E-state index contributed by atoms with van der Waals surface area (Å²) in [6, 6.07) is 5.64. The van der Waals surface area contributed by atoms with Crippen molar-refractivity contribution < 1.29 is 19.0 Å². The van der Waals surface area contributed by atoms with Gasteiger partial charge in [0.2, 0.25) is 0 Å². The lowest BCUT2D eigenvalue weighted by molar-refractivity contribution is -0.117. The molecular weight excluding hydrogens is 308 g/mol. The van der Waals surface area contributed by atoms with Crippen molar-refractivity contribution in [3.8, 4) is 11.5 Å². The van der Waals surface area contributed by atoms with Crippen LogP contribution < -0.4 is 14.8 Å². The third kappa shape index (κ3) is 4.97. The van der Waals surface area contributed by atoms with Crippen molar-refractivity contribution in [2.45, 2.75) is 6.42 Å². The molecule has 0 spiro atoms. The minimum absolute atomic E-state index is 0.0805. The molecule has 1 N–H and O–H groups in total. The second kappa shape index (κ2) is 9.30. The van der Waals surface area contributed by atoms with E-state index < -0.39 is 0 Å². The Morgan fingerprint density at radius 3 is 2.92 bits per heavy atom. The van der Waals surface area contributed by atoms with Gasteiger partial charge >= 0.3 is 0 Å². The number of para-hydroxylation sites is 1. The lowest BCUT2D eigenvalue weighted by atomic mass is 10.1. The molecule has 0 saturated carbocycles. The van der Waals surface area contributed by atoms with Crippen LogP contribution in [0.2, 0.25) is 0 Å². The van der Waals surface area contributed by atoms with Gasteiger partial charge in [-0.2, -0.15) is 0 Å². The first-order valence-corrected chi connectivity index (χ1v) is 8.11. The van der Waals surface area contributed by atoms with E-state index in [1.54, 1.807) is 14.2 Å². The van der Waals surface area contributed by atoms with E-state index in [-0.39, 0.29) is 12.5 Å². The second-order valence-electron chi connectivity index (χ2n) is 5.74. The van der Waals surface area contributed by atoms with Crippen molar-refractivity contribution in [3.05, 3.63) is 29.3 Å². The van der Waals surface area contributed by atoms with Crippen LogP contribution in [0.4, 0.5) is 0 Å². The highest BCUT2D eigenvalue weighted by Gasteiger charge is 2.19. The van der Waals surface area contributed by atoms with E-state index in [9.17, 15) is 4.79 Å². The number of amides is 1. The summed E-state index contributed by atoms with van der Waals surface area (Å²) in [6.07, 6.45) is 2.76. The highest BCUT2D eigenvalue weighted by atomic mass is 16.5. The summed E-state index contributed by atoms with van der Waals surface area (Å²) in [7, 11) is 5.35. The number of likely N-dealkylation sites (N-methyl/N-ethyl adjacent to an activating group) is 1. The molecule has 1 heterocycles. The van der Waals surface area contributed by atoms with E-state index in [1.165, 1.54) is 0 Å². The van der Waals surface area contributed by atoms with Crippen LogP contribution in [0, 0.1) is 0 Å². The van der Waals surface area contributed by atoms with Crippen LogP contribution in [0.3, 0.4) is 0 Å². The molecule has 1 aliphatic rings. The van der Waals surface area contributed by atoms with E-state index >= 15 is 0 Å². The average molecular weight is 334 g/mol. The van der Waals surface area contributed by atoms with Crippen molar-refractivity contribution in [1.29, 1.82) is 0 Å². The van der Waals surface area contributed by atoms with Gasteiger partial charge in [0.15, 0.2) is 11.5 Å². The summed E-state index contributed by atoms with van der Waals surface area (Å²) in [5, 5.41) is 2.95. The van der Waals surface area contributed by atoms with Gasteiger partial charge in [-0.05, 0) is 32.2 Å². The predicted molar refractivity (Wildman–Crippen MR) is 93.5 cm³/mol. The number of hydrogen-bond acceptors (Lipinski definition) is 5. The van der Waals surface area contributed by atoms with E-state index in [4.69, 9.17) is 14.2 Å².